The molecule has 0 aliphatic carbocycles. The second-order valence-corrected chi connectivity index (χ2v) is 9.13. The van der Waals surface area contributed by atoms with E-state index in [0.717, 1.165) is 35.8 Å². The molecule has 0 fully saturated rings. The van der Waals surface area contributed by atoms with Gasteiger partial charge in [0.25, 0.3) is 18.3 Å². The van der Waals surface area contributed by atoms with E-state index >= 15 is 0 Å². The molecule has 41 heavy (non-hydrogen) atoms. The first-order valence-corrected chi connectivity index (χ1v) is 12.5. The zero-order valence-electron chi connectivity index (χ0n) is 21.2. The number of hydrogen-bond donors (Lipinski definition) is 3. The molecule has 3 aromatic heterocycles. The first kappa shape index (κ1) is 31.8. The summed E-state index contributed by atoms with van der Waals surface area (Å²) < 4.78 is 83.7. The molecule has 5 rings (SSSR count). The fourth-order valence-electron chi connectivity index (χ4n) is 3.67. The minimum absolute atomic E-state index is 0.0467. The van der Waals surface area contributed by atoms with Crippen LogP contribution in [0.15, 0.2) is 47.6 Å². The summed E-state index contributed by atoms with van der Waals surface area (Å²) in [6, 6.07) is 7.17. The Morgan fingerprint density at radius 2 is 1.98 bits per heavy atom. The lowest BCUT2D eigenvalue weighted by Crippen LogP contribution is -2.24. The number of nitrogens with zero attached hydrogens (tertiary/aromatic N) is 4. The van der Waals surface area contributed by atoms with Crippen LogP contribution in [0.25, 0.3) is 16.7 Å². The van der Waals surface area contributed by atoms with Crippen LogP contribution in [0.4, 0.5) is 26.3 Å². The van der Waals surface area contributed by atoms with Gasteiger partial charge in [-0.2, -0.15) is 4.39 Å². The van der Waals surface area contributed by atoms with Crippen molar-refractivity contribution in [1.82, 2.24) is 25.1 Å². The van der Waals surface area contributed by atoms with Crippen LogP contribution in [-0.2, 0) is 17.9 Å². The molecule has 220 valence electrons. The first-order valence-electron chi connectivity index (χ1n) is 11.6. The molecule has 1 unspecified atom stereocenters. The zero-order chi connectivity index (χ0) is 30.1. The van der Waals surface area contributed by atoms with Crippen LogP contribution in [0.3, 0.4) is 0 Å². The highest BCUT2D eigenvalue weighted by Crippen LogP contribution is 2.37. The molecule has 1 atom stereocenters. The van der Waals surface area contributed by atoms with Gasteiger partial charge >= 0.3 is 0 Å². The van der Waals surface area contributed by atoms with E-state index in [4.69, 9.17) is 14.9 Å². The van der Waals surface area contributed by atoms with E-state index in [1.807, 2.05) is 0 Å². The molecule has 1 aliphatic heterocycles. The van der Waals surface area contributed by atoms with Crippen molar-refractivity contribution in [1.29, 1.82) is 0 Å². The van der Waals surface area contributed by atoms with Crippen molar-refractivity contribution in [2.24, 2.45) is 0 Å². The van der Waals surface area contributed by atoms with Gasteiger partial charge in [0, 0.05) is 40.3 Å². The second kappa shape index (κ2) is 14.8. The third kappa shape index (κ3) is 7.93. The van der Waals surface area contributed by atoms with Gasteiger partial charge in [-0.1, -0.05) is 11.8 Å². The highest BCUT2D eigenvalue weighted by Gasteiger charge is 2.25. The van der Waals surface area contributed by atoms with Gasteiger partial charge in [0.1, 0.15) is 0 Å². The second-order valence-electron chi connectivity index (χ2n) is 7.94. The average Bonchev–Trinajstić information content (AvgIpc) is 3.18. The van der Waals surface area contributed by atoms with Crippen molar-refractivity contribution in [3.05, 3.63) is 76.9 Å². The summed E-state index contributed by atoms with van der Waals surface area (Å²) >= 11 is 0.734. The predicted molar refractivity (Wildman–Crippen MR) is 136 cm³/mol. The van der Waals surface area contributed by atoms with E-state index in [2.05, 4.69) is 20.4 Å². The average molecular weight is 604 g/mol. The van der Waals surface area contributed by atoms with Crippen molar-refractivity contribution in [3.8, 4) is 5.82 Å². The van der Waals surface area contributed by atoms with Crippen molar-refractivity contribution in [2.75, 3.05) is 20.6 Å². The minimum Gasteiger partial charge on any atom is -0.400 e. The number of aliphatic hydroxyl groups excluding tert-OH is 2. The maximum atomic E-state index is 13.9. The third-order valence-electron chi connectivity index (χ3n) is 5.40. The van der Waals surface area contributed by atoms with Crippen molar-refractivity contribution in [3.63, 3.8) is 0 Å². The number of pyridine rings is 2. The van der Waals surface area contributed by atoms with Gasteiger partial charge in [0.05, 0.1) is 37.2 Å². The summed E-state index contributed by atoms with van der Waals surface area (Å²) in [5.74, 6) is -2.85. The lowest BCUT2D eigenvalue weighted by atomic mass is 10.0. The number of aliphatic hydroxyl groups is 2. The van der Waals surface area contributed by atoms with Crippen LogP contribution < -0.4 is 5.32 Å². The van der Waals surface area contributed by atoms with E-state index in [1.165, 1.54) is 18.3 Å². The molecule has 0 bridgehead atoms. The van der Waals surface area contributed by atoms with Gasteiger partial charge < -0.3 is 20.3 Å². The number of rotatable bonds is 5. The lowest BCUT2D eigenvalue weighted by molar-refractivity contribution is 0.0927. The number of hydrogen-bond acceptors (Lipinski definition) is 8. The zero-order valence-corrected chi connectivity index (χ0v) is 22.0. The van der Waals surface area contributed by atoms with Crippen LogP contribution in [0.1, 0.15) is 33.6 Å². The van der Waals surface area contributed by atoms with Gasteiger partial charge in [-0.15, -0.1) is 5.10 Å². The number of halogens is 6. The third-order valence-corrected chi connectivity index (χ3v) is 6.41. The molecule has 0 spiro atoms. The van der Waals surface area contributed by atoms with Crippen molar-refractivity contribution < 1.29 is 46.1 Å². The Morgan fingerprint density at radius 3 is 2.63 bits per heavy atom. The summed E-state index contributed by atoms with van der Waals surface area (Å²) in [7, 11) is 1.00. The molecule has 16 heteroatoms. The van der Waals surface area contributed by atoms with Crippen LogP contribution in [0, 0.1) is 11.8 Å². The Kier molecular flexibility index (Phi) is 11.5. The topological polar surface area (TPSA) is 122 Å². The molecule has 1 aliphatic rings. The molecule has 9 nitrogen and oxygen atoms in total. The number of fused-ring (bicyclic) bond motifs is 2. The lowest BCUT2D eigenvalue weighted by Gasteiger charge is -2.14. The molecule has 1 aromatic carbocycles. The maximum absolute atomic E-state index is 13.9. The molecule has 3 N–H and O–H groups in total. The van der Waals surface area contributed by atoms with Crippen molar-refractivity contribution in [2.45, 2.75) is 30.0 Å². The summed E-state index contributed by atoms with van der Waals surface area (Å²) in [4.78, 5) is 21.6. The van der Waals surface area contributed by atoms with Gasteiger partial charge in [0.2, 0.25) is 0 Å². The number of benzene rings is 1. The molecule has 0 radical (unpaired) electrons. The summed E-state index contributed by atoms with van der Waals surface area (Å²) in [6.07, 6.45) is -0.506. The van der Waals surface area contributed by atoms with Crippen molar-refractivity contribution >= 4 is 28.6 Å². The number of amides is 1. The van der Waals surface area contributed by atoms with Gasteiger partial charge in [-0.25, -0.2) is 31.6 Å². The van der Waals surface area contributed by atoms with Crippen LogP contribution in [-0.4, -0.2) is 61.9 Å². The standard InChI is InChI=1S/C23H16F5N5O2S.CH3FO.CH4O/c24-16-8-33(32-22(16)28)20-2-1-11-6-29-13(5-17(11)31-20)7-30-23(34)12-3-14(21(26)27)15-9-35-10-19(25)36-18(15)4-12;2-1-3;1-2/h1-6,8,19,21H,7,9-10H2,(H,30,34);3H,1H2;2H,1H3. The Balaban J connectivity index is 0.000000868. The number of alkyl halides is 4. The first-order chi connectivity index (χ1) is 19.7. The highest BCUT2D eigenvalue weighted by molar-refractivity contribution is 7.99. The Labute approximate surface area is 233 Å². The molecule has 4 heterocycles. The number of nitrogens with one attached hydrogen (secondary N) is 1. The Hall–Kier alpha value is -3.73. The number of thioether (sulfide) groups is 1. The Morgan fingerprint density at radius 1 is 1.24 bits per heavy atom. The summed E-state index contributed by atoms with van der Waals surface area (Å²) in [5.41, 5.74) is -0.876. The summed E-state index contributed by atoms with van der Waals surface area (Å²) in [5, 5.41) is 20.6. The Bertz CT molecular complexity index is 1470. The largest absolute Gasteiger partial charge is 0.400 e. The monoisotopic (exact) mass is 603 g/mol. The number of aromatic nitrogens is 4. The van der Waals surface area contributed by atoms with E-state index in [0.29, 0.717) is 16.6 Å². The van der Waals surface area contributed by atoms with Gasteiger partial charge in [-0.05, 0) is 30.3 Å². The van der Waals surface area contributed by atoms with Gasteiger partial charge in [-0.3, -0.25) is 9.78 Å². The highest BCUT2D eigenvalue weighted by atomic mass is 32.2. The normalized spacial score (nSPS) is 14.3. The van der Waals surface area contributed by atoms with E-state index in [-0.39, 0.29) is 47.2 Å². The van der Waals surface area contributed by atoms with Crippen LogP contribution in [0.5, 0.6) is 0 Å². The smallest absolute Gasteiger partial charge is 0.268 e. The fraction of sp³-hybridized carbons (Fsp3) is 0.280. The maximum Gasteiger partial charge on any atom is 0.268 e. The van der Waals surface area contributed by atoms with Crippen LogP contribution >= 0.6 is 11.8 Å². The van der Waals surface area contributed by atoms with E-state index in [1.54, 1.807) is 12.1 Å². The quantitative estimate of drug-likeness (QED) is 0.287. The molecular formula is C25H23F6N5O4S. The molecular weight excluding hydrogens is 580 g/mol. The van der Waals surface area contributed by atoms with Gasteiger partial charge in [0.15, 0.2) is 24.0 Å². The molecule has 1 amide bonds. The number of carbonyl (C=O) groups is 1. The number of ether oxygens (including phenoxy) is 1. The van der Waals surface area contributed by atoms with E-state index in [9.17, 15) is 31.1 Å². The SMILES string of the molecule is CO.O=C(NCc1cc2nc(-n3cc(F)c(F)n3)ccc2cn1)c1cc2c(c(C(F)F)c1)COCC(F)S2.OCF. The minimum atomic E-state index is -2.87. The van der Waals surface area contributed by atoms with Crippen LogP contribution in [0.2, 0.25) is 0 Å². The van der Waals surface area contributed by atoms with E-state index < -0.39 is 36.5 Å². The molecule has 4 aromatic rings. The number of carbonyl (C=O) groups excluding carboxylic acids is 1. The molecule has 0 saturated heterocycles. The molecule has 0 saturated carbocycles. The predicted octanol–water partition coefficient (Wildman–Crippen LogP) is 4.39. The summed E-state index contributed by atoms with van der Waals surface area (Å²) in [6.45, 7) is -1.72. The fourth-order valence-corrected chi connectivity index (χ4v) is 4.63.